The molecule has 9 heteroatoms. The standard InChI is InChI=1S/C21H21N5O4/c1-29-18-5-2-4-16(13-18)12-17(14-22)20(28)30-15-19(27)25-8-10-26(11-9-25)21-23-6-3-7-24-21/h2-7,12-13H,8-11,15H2,1H3/b17-12+. The third-order valence-electron chi connectivity index (χ3n) is 4.54. The summed E-state index contributed by atoms with van der Waals surface area (Å²) in [5, 5.41) is 9.27. The van der Waals surface area contributed by atoms with E-state index in [1.807, 2.05) is 11.0 Å². The maximum Gasteiger partial charge on any atom is 0.349 e. The normalized spacial score (nSPS) is 14.1. The summed E-state index contributed by atoms with van der Waals surface area (Å²) in [5.41, 5.74) is 0.426. The van der Waals surface area contributed by atoms with E-state index in [1.165, 1.54) is 13.2 Å². The number of rotatable bonds is 6. The van der Waals surface area contributed by atoms with Crippen molar-refractivity contribution in [3.63, 3.8) is 0 Å². The van der Waals surface area contributed by atoms with Crippen molar-refractivity contribution in [2.45, 2.75) is 0 Å². The molecule has 0 N–H and O–H groups in total. The van der Waals surface area contributed by atoms with E-state index in [9.17, 15) is 14.9 Å². The molecule has 1 aromatic heterocycles. The first-order valence-corrected chi connectivity index (χ1v) is 9.33. The molecule has 1 fully saturated rings. The Kier molecular flexibility index (Phi) is 6.95. The van der Waals surface area contributed by atoms with Crippen LogP contribution in [0, 0.1) is 11.3 Å². The van der Waals surface area contributed by atoms with Crippen molar-refractivity contribution in [1.82, 2.24) is 14.9 Å². The van der Waals surface area contributed by atoms with Crippen molar-refractivity contribution < 1.29 is 19.1 Å². The van der Waals surface area contributed by atoms with Crippen molar-refractivity contribution in [3.8, 4) is 11.8 Å². The molecule has 0 atom stereocenters. The number of anilines is 1. The molecule has 1 aromatic carbocycles. The topological polar surface area (TPSA) is 109 Å². The molecule has 3 rings (SSSR count). The summed E-state index contributed by atoms with van der Waals surface area (Å²) >= 11 is 0. The number of esters is 1. The summed E-state index contributed by atoms with van der Waals surface area (Å²) in [6, 6.07) is 10.5. The molecule has 154 valence electrons. The molecule has 2 heterocycles. The number of hydrogen-bond acceptors (Lipinski definition) is 8. The lowest BCUT2D eigenvalue weighted by Gasteiger charge is -2.34. The summed E-state index contributed by atoms with van der Waals surface area (Å²) < 4.78 is 10.2. The van der Waals surface area contributed by atoms with Crippen molar-refractivity contribution in [3.05, 3.63) is 53.9 Å². The molecule has 0 saturated carbocycles. The highest BCUT2D eigenvalue weighted by atomic mass is 16.5. The number of nitriles is 1. The number of piperazine rings is 1. The Hall–Kier alpha value is -3.93. The molecule has 30 heavy (non-hydrogen) atoms. The first kappa shape index (κ1) is 20.8. The Morgan fingerprint density at radius 1 is 1.17 bits per heavy atom. The zero-order valence-electron chi connectivity index (χ0n) is 16.5. The van der Waals surface area contributed by atoms with E-state index in [0.717, 1.165) is 0 Å². The zero-order chi connectivity index (χ0) is 21.3. The van der Waals surface area contributed by atoms with Gasteiger partial charge in [-0.25, -0.2) is 14.8 Å². The quantitative estimate of drug-likeness (QED) is 0.400. The van der Waals surface area contributed by atoms with Gasteiger partial charge in [-0.2, -0.15) is 5.26 Å². The van der Waals surface area contributed by atoms with Crippen LogP contribution in [0.4, 0.5) is 5.95 Å². The van der Waals surface area contributed by atoms with Crippen LogP contribution in [0.25, 0.3) is 6.08 Å². The second-order valence-electron chi connectivity index (χ2n) is 6.44. The van der Waals surface area contributed by atoms with Crippen LogP contribution in [0.3, 0.4) is 0 Å². The lowest BCUT2D eigenvalue weighted by Crippen LogP contribution is -2.50. The highest BCUT2D eigenvalue weighted by Crippen LogP contribution is 2.16. The molecule has 9 nitrogen and oxygen atoms in total. The maximum absolute atomic E-state index is 12.4. The molecule has 1 amide bonds. The van der Waals surface area contributed by atoms with Crippen LogP contribution in [0.15, 0.2) is 48.3 Å². The number of ether oxygens (including phenoxy) is 2. The monoisotopic (exact) mass is 407 g/mol. The van der Waals surface area contributed by atoms with Gasteiger partial charge in [-0.05, 0) is 29.8 Å². The number of nitrogens with zero attached hydrogens (tertiary/aromatic N) is 5. The van der Waals surface area contributed by atoms with E-state index in [4.69, 9.17) is 9.47 Å². The molecule has 0 spiro atoms. The first-order valence-electron chi connectivity index (χ1n) is 9.33. The van der Waals surface area contributed by atoms with Gasteiger partial charge in [-0.1, -0.05) is 12.1 Å². The second kappa shape index (κ2) is 10.0. The molecule has 0 unspecified atom stereocenters. The molecule has 0 radical (unpaired) electrons. The van der Waals surface area contributed by atoms with Gasteiger partial charge in [0, 0.05) is 38.6 Å². The summed E-state index contributed by atoms with van der Waals surface area (Å²) in [7, 11) is 1.53. The van der Waals surface area contributed by atoms with E-state index in [0.29, 0.717) is 43.4 Å². The predicted molar refractivity (Wildman–Crippen MR) is 108 cm³/mol. The largest absolute Gasteiger partial charge is 0.497 e. The molecule has 2 aromatic rings. The summed E-state index contributed by atoms with van der Waals surface area (Å²) in [5.74, 6) is 0.0719. The smallest absolute Gasteiger partial charge is 0.349 e. The Bertz CT molecular complexity index is 963. The summed E-state index contributed by atoms with van der Waals surface area (Å²) in [6.45, 7) is 1.70. The average Bonchev–Trinajstić information content (AvgIpc) is 2.81. The van der Waals surface area contributed by atoms with E-state index < -0.39 is 12.6 Å². The Labute approximate surface area is 174 Å². The van der Waals surface area contributed by atoms with Gasteiger partial charge in [0.05, 0.1) is 7.11 Å². The number of amides is 1. The number of carbonyl (C=O) groups is 2. The number of benzene rings is 1. The Morgan fingerprint density at radius 2 is 1.90 bits per heavy atom. The van der Waals surface area contributed by atoms with Gasteiger partial charge in [0.1, 0.15) is 17.4 Å². The summed E-state index contributed by atoms with van der Waals surface area (Å²) in [6.07, 6.45) is 4.74. The molecule has 1 aliphatic rings. The van der Waals surface area contributed by atoms with E-state index in [-0.39, 0.29) is 11.5 Å². The zero-order valence-corrected chi connectivity index (χ0v) is 16.5. The minimum atomic E-state index is -0.843. The average molecular weight is 407 g/mol. The number of methoxy groups -OCH3 is 1. The summed E-state index contributed by atoms with van der Waals surface area (Å²) in [4.78, 5) is 36.6. The highest BCUT2D eigenvalue weighted by Gasteiger charge is 2.23. The third-order valence-corrected chi connectivity index (χ3v) is 4.54. The lowest BCUT2D eigenvalue weighted by molar-refractivity contribution is -0.148. The van der Waals surface area contributed by atoms with Crippen LogP contribution < -0.4 is 9.64 Å². The Morgan fingerprint density at radius 3 is 2.57 bits per heavy atom. The third kappa shape index (κ3) is 5.32. The number of carbonyl (C=O) groups excluding carboxylic acids is 2. The van der Waals surface area contributed by atoms with Crippen LogP contribution >= 0.6 is 0 Å². The maximum atomic E-state index is 12.4. The minimum Gasteiger partial charge on any atom is -0.497 e. The van der Waals surface area contributed by atoms with Crippen LogP contribution in [-0.2, 0) is 14.3 Å². The van der Waals surface area contributed by atoms with Crippen LogP contribution in [0.5, 0.6) is 5.75 Å². The molecule has 0 aliphatic carbocycles. The number of hydrogen-bond donors (Lipinski definition) is 0. The van der Waals surface area contributed by atoms with Gasteiger partial charge in [0.25, 0.3) is 5.91 Å². The lowest BCUT2D eigenvalue weighted by atomic mass is 10.1. The van der Waals surface area contributed by atoms with E-state index >= 15 is 0 Å². The highest BCUT2D eigenvalue weighted by molar-refractivity contribution is 5.98. The second-order valence-corrected chi connectivity index (χ2v) is 6.44. The fraction of sp³-hybridized carbons (Fsp3) is 0.286. The first-order chi connectivity index (χ1) is 14.6. The SMILES string of the molecule is COc1cccc(/C=C(\C#N)C(=O)OCC(=O)N2CCN(c3ncccn3)CC2)c1. The van der Waals surface area contributed by atoms with Gasteiger partial charge in [0.15, 0.2) is 6.61 Å². The van der Waals surface area contributed by atoms with Crippen LogP contribution in [-0.4, -0.2) is 66.6 Å². The van der Waals surface area contributed by atoms with Gasteiger partial charge in [0.2, 0.25) is 5.95 Å². The Balaban J connectivity index is 1.52. The minimum absolute atomic E-state index is 0.193. The molecular formula is C21H21N5O4. The van der Waals surface area contributed by atoms with Crippen LogP contribution in [0.1, 0.15) is 5.56 Å². The number of aromatic nitrogens is 2. The van der Waals surface area contributed by atoms with Crippen molar-refractivity contribution >= 4 is 23.9 Å². The van der Waals surface area contributed by atoms with Crippen molar-refractivity contribution in [1.29, 1.82) is 5.26 Å². The fourth-order valence-corrected chi connectivity index (χ4v) is 2.94. The van der Waals surface area contributed by atoms with E-state index in [1.54, 1.807) is 47.6 Å². The molecule has 1 aliphatic heterocycles. The molecular weight excluding hydrogens is 386 g/mol. The molecule has 0 bridgehead atoms. The van der Waals surface area contributed by atoms with Gasteiger partial charge >= 0.3 is 5.97 Å². The molecule has 1 saturated heterocycles. The predicted octanol–water partition coefficient (Wildman–Crippen LogP) is 1.28. The van der Waals surface area contributed by atoms with Gasteiger partial charge in [-0.15, -0.1) is 0 Å². The van der Waals surface area contributed by atoms with E-state index in [2.05, 4.69) is 9.97 Å². The fourth-order valence-electron chi connectivity index (χ4n) is 2.94. The van der Waals surface area contributed by atoms with Crippen molar-refractivity contribution in [2.24, 2.45) is 0 Å². The van der Waals surface area contributed by atoms with Crippen molar-refractivity contribution in [2.75, 3.05) is 44.8 Å². The van der Waals surface area contributed by atoms with Gasteiger partial charge < -0.3 is 19.3 Å². The van der Waals surface area contributed by atoms with Gasteiger partial charge in [-0.3, -0.25) is 4.79 Å². The van der Waals surface area contributed by atoms with Crippen LogP contribution in [0.2, 0.25) is 0 Å².